The van der Waals surface area contributed by atoms with Gasteiger partial charge in [0.15, 0.2) is 0 Å². The van der Waals surface area contributed by atoms with Gasteiger partial charge in [0.2, 0.25) is 5.60 Å². The summed E-state index contributed by atoms with van der Waals surface area (Å²) in [5.41, 5.74) is -2.40. The van der Waals surface area contributed by atoms with Crippen LogP contribution in [-0.4, -0.2) is 35.6 Å². The molecule has 25 heavy (non-hydrogen) atoms. The Labute approximate surface area is 146 Å². The second-order valence-corrected chi connectivity index (χ2v) is 6.78. The Hall–Kier alpha value is -2.32. The normalized spacial score (nSPS) is 20.1. The molecule has 2 heterocycles. The molecule has 5 nitrogen and oxygen atoms in total. The number of carbonyl (C=O) groups excluding carboxylic acids is 2. The first-order valence-corrected chi connectivity index (χ1v) is 8.60. The highest BCUT2D eigenvalue weighted by atomic mass is 32.1. The summed E-state index contributed by atoms with van der Waals surface area (Å²) in [5.74, 6) is -3.41. The highest BCUT2D eigenvalue weighted by Gasteiger charge is 2.52. The van der Waals surface area contributed by atoms with E-state index < -0.39 is 29.0 Å². The first-order chi connectivity index (χ1) is 11.9. The number of nitrogens with one attached hydrogen (secondary N) is 1. The van der Waals surface area contributed by atoms with E-state index in [9.17, 15) is 23.5 Å². The van der Waals surface area contributed by atoms with Gasteiger partial charge in [0.05, 0.1) is 5.69 Å². The highest BCUT2D eigenvalue weighted by molar-refractivity contribution is 7.09. The molecular weight excluding hydrogens is 350 g/mol. The van der Waals surface area contributed by atoms with E-state index in [0.29, 0.717) is 12.5 Å². The molecule has 1 aromatic heterocycles. The summed E-state index contributed by atoms with van der Waals surface area (Å²) in [4.78, 5) is 26.8. The van der Waals surface area contributed by atoms with Crippen LogP contribution in [0.1, 0.15) is 11.3 Å². The van der Waals surface area contributed by atoms with Gasteiger partial charge in [-0.15, -0.1) is 11.3 Å². The van der Waals surface area contributed by atoms with Gasteiger partial charge < -0.3 is 15.3 Å². The third-order valence-corrected chi connectivity index (χ3v) is 5.05. The molecule has 1 atom stereocenters. The topological polar surface area (TPSA) is 69.6 Å². The number of anilines is 1. The van der Waals surface area contributed by atoms with Gasteiger partial charge in [-0.3, -0.25) is 9.59 Å². The molecule has 0 bridgehead atoms. The maximum atomic E-state index is 13.9. The average Bonchev–Trinajstić information content (AvgIpc) is 3.18. The van der Waals surface area contributed by atoms with Crippen LogP contribution in [0.2, 0.25) is 0 Å². The van der Waals surface area contributed by atoms with Gasteiger partial charge in [-0.05, 0) is 30.0 Å². The molecule has 2 N–H and O–H groups in total. The maximum Gasteiger partial charge on any atom is 0.268 e. The zero-order valence-electron chi connectivity index (χ0n) is 13.2. The molecule has 132 valence electrons. The molecule has 1 aliphatic rings. The Morgan fingerprint density at radius 1 is 1.36 bits per heavy atom. The maximum absolute atomic E-state index is 13.9. The highest BCUT2D eigenvalue weighted by Crippen LogP contribution is 2.30. The minimum Gasteiger partial charge on any atom is -0.372 e. The summed E-state index contributed by atoms with van der Waals surface area (Å²) in [6.07, 6.45) is 0.428. The Morgan fingerprint density at radius 3 is 2.84 bits per heavy atom. The monoisotopic (exact) mass is 366 g/mol. The molecule has 1 saturated heterocycles. The van der Waals surface area contributed by atoms with E-state index in [4.69, 9.17) is 0 Å². The fourth-order valence-electron chi connectivity index (χ4n) is 2.75. The standard InChI is InChI=1S/C17H16F2N2O3S/c18-11-3-4-14(13(19)10-11)21-8-6-17(24,16(21)23)15(22)20-7-5-12-2-1-9-25-12/h1-4,9-10,24H,5-8H2,(H,20,22)/t17-/m0/s1. The first-order valence-electron chi connectivity index (χ1n) is 7.72. The van der Waals surface area contributed by atoms with Crippen molar-refractivity contribution in [1.82, 2.24) is 5.32 Å². The Bertz CT molecular complexity index is 797. The summed E-state index contributed by atoms with van der Waals surface area (Å²) < 4.78 is 26.9. The van der Waals surface area contributed by atoms with Crippen molar-refractivity contribution in [2.45, 2.75) is 18.4 Å². The fourth-order valence-corrected chi connectivity index (χ4v) is 3.46. The number of aliphatic hydroxyl groups is 1. The van der Waals surface area contributed by atoms with Crippen LogP contribution in [0.3, 0.4) is 0 Å². The Balaban J connectivity index is 1.67. The van der Waals surface area contributed by atoms with Crippen LogP contribution in [0, 0.1) is 11.6 Å². The predicted octanol–water partition coefficient (Wildman–Crippen LogP) is 1.85. The number of hydrogen-bond donors (Lipinski definition) is 2. The van der Waals surface area contributed by atoms with E-state index in [1.807, 2.05) is 17.5 Å². The van der Waals surface area contributed by atoms with Gasteiger partial charge in [-0.1, -0.05) is 6.07 Å². The molecule has 0 unspecified atom stereocenters. The predicted molar refractivity (Wildman–Crippen MR) is 89.3 cm³/mol. The van der Waals surface area contributed by atoms with Gasteiger partial charge >= 0.3 is 0 Å². The molecular formula is C17H16F2N2O3S. The molecule has 0 saturated carbocycles. The molecule has 2 amide bonds. The largest absolute Gasteiger partial charge is 0.372 e. The minimum atomic E-state index is -2.24. The molecule has 0 spiro atoms. The number of thiophene rings is 1. The number of carbonyl (C=O) groups is 2. The number of halogens is 2. The second-order valence-electron chi connectivity index (χ2n) is 5.75. The number of benzene rings is 1. The average molecular weight is 366 g/mol. The molecule has 0 aliphatic carbocycles. The van der Waals surface area contributed by atoms with Crippen molar-refractivity contribution in [3.63, 3.8) is 0 Å². The van der Waals surface area contributed by atoms with E-state index >= 15 is 0 Å². The molecule has 8 heteroatoms. The van der Waals surface area contributed by atoms with Crippen LogP contribution in [0.4, 0.5) is 14.5 Å². The number of hydrogen-bond acceptors (Lipinski definition) is 4. The summed E-state index contributed by atoms with van der Waals surface area (Å²) in [6, 6.07) is 6.60. The van der Waals surface area contributed by atoms with Crippen molar-refractivity contribution in [3.8, 4) is 0 Å². The second kappa shape index (κ2) is 6.89. The van der Waals surface area contributed by atoms with Gasteiger partial charge in [0.25, 0.3) is 11.8 Å². The molecule has 1 aromatic carbocycles. The summed E-state index contributed by atoms with van der Waals surface area (Å²) in [7, 11) is 0. The zero-order chi connectivity index (χ0) is 18.0. The van der Waals surface area contributed by atoms with E-state index in [1.165, 1.54) is 0 Å². The van der Waals surface area contributed by atoms with Gasteiger partial charge in [0, 0.05) is 30.5 Å². The zero-order valence-corrected chi connectivity index (χ0v) is 14.0. The van der Waals surface area contributed by atoms with Crippen molar-refractivity contribution >= 4 is 28.8 Å². The Morgan fingerprint density at radius 2 is 2.16 bits per heavy atom. The lowest BCUT2D eigenvalue weighted by molar-refractivity contribution is -0.149. The quantitative estimate of drug-likeness (QED) is 0.794. The van der Waals surface area contributed by atoms with Crippen LogP contribution >= 0.6 is 11.3 Å². The lowest BCUT2D eigenvalue weighted by Gasteiger charge is -2.22. The first kappa shape index (κ1) is 17.5. The third kappa shape index (κ3) is 3.40. The Kier molecular flexibility index (Phi) is 4.82. The van der Waals surface area contributed by atoms with Crippen molar-refractivity contribution in [1.29, 1.82) is 0 Å². The van der Waals surface area contributed by atoms with Gasteiger partial charge in [-0.25, -0.2) is 8.78 Å². The number of nitrogens with zero attached hydrogens (tertiary/aromatic N) is 1. The molecule has 2 aromatic rings. The minimum absolute atomic E-state index is 0.0315. The lowest BCUT2D eigenvalue weighted by atomic mass is 10.0. The van der Waals surface area contributed by atoms with E-state index in [1.54, 1.807) is 11.3 Å². The van der Waals surface area contributed by atoms with Crippen LogP contribution in [0.25, 0.3) is 0 Å². The summed E-state index contributed by atoms with van der Waals surface area (Å²) in [6.45, 7) is 0.246. The summed E-state index contributed by atoms with van der Waals surface area (Å²) in [5, 5.41) is 14.9. The molecule has 3 rings (SSSR count). The number of rotatable bonds is 5. The summed E-state index contributed by atoms with van der Waals surface area (Å²) >= 11 is 1.55. The van der Waals surface area contributed by atoms with Crippen molar-refractivity contribution in [2.75, 3.05) is 18.0 Å². The molecule has 0 radical (unpaired) electrons. The van der Waals surface area contributed by atoms with E-state index in [-0.39, 0.29) is 25.2 Å². The number of amides is 2. The third-order valence-electron chi connectivity index (χ3n) is 4.11. The van der Waals surface area contributed by atoms with Crippen LogP contribution in [0.5, 0.6) is 0 Å². The van der Waals surface area contributed by atoms with Crippen molar-refractivity contribution in [2.24, 2.45) is 0 Å². The molecule has 1 aliphatic heterocycles. The van der Waals surface area contributed by atoms with Crippen LogP contribution < -0.4 is 10.2 Å². The van der Waals surface area contributed by atoms with Crippen molar-refractivity contribution < 1.29 is 23.5 Å². The fraction of sp³-hybridized carbons (Fsp3) is 0.294. The molecule has 1 fully saturated rings. The van der Waals surface area contributed by atoms with E-state index in [2.05, 4.69) is 5.32 Å². The van der Waals surface area contributed by atoms with Crippen molar-refractivity contribution in [3.05, 3.63) is 52.2 Å². The van der Waals surface area contributed by atoms with Gasteiger partial charge in [0.1, 0.15) is 11.6 Å². The van der Waals surface area contributed by atoms with Gasteiger partial charge in [-0.2, -0.15) is 0 Å². The van der Waals surface area contributed by atoms with E-state index in [0.717, 1.165) is 21.9 Å². The SMILES string of the molecule is O=C(NCCc1cccs1)[C@@]1(O)CCN(c2ccc(F)cc2F)C1=O. The smallest absolute Gasteiger partial charge is 0.268 e. The van der Waals surface area contributed by atoms with Crippen LogP contribution in [-0.2, 0) is 16.0 Å². The van der Waals surface area contributed by atoms with Crippen LogP contribution in [0.15, 0.2) is 35.7 Å². The lowest BCUT2D eigenvalue weighted by Crippen LogP contribution is -2.53.